The molecule has 0 fully saturated rings. The van der Waals surface area contributed by atoms with Gasteiger partial charge in [-0.15, -0.1) is 0 Å². The molecule has 25 heavy (non-hydrogen) atoms. The first-order valence-corrected chi connectivity index (χ1v) is 8.32. The second kappa shape index (κ2) is 8.06. The van der Waals surface area contributed by atoms with Crippen LogP contribution in [0.25, 0.3) is 11.1 Å². The Morgan fingerprint density at radius 1 is 0.840 bits per heavy atom. The molecule has 3 rings (SSSR count). The molecule has 0 aromatic heterocycles. The van der Waals surface area contributed by atoms with Crippen LogP contribution in [0, 0.1) is 0 Å². The highest BCUT2D eigenvalue weighted by Crippen LogP contribution is 2.30. The fraction of sp³-hybridized carbons (Fsp3) is 0.0500. The predicted molar refractivity (Wildman–Crippen MR) is 99.5 cm³/mol. The van der Waals surface area contributed by atoms with Crippen molar-refractivity contribution < 1.29 is 14.3 Å². The molecule has 0 saturated carbocycles. The van der Waals surface area contributed by atoms with E-state index in [0.717, 1.165) is 11.1 Å². The van der Waals surface area contributed by atoms with Crippen LogP contribution in [0.15, 0.2) is 72.8 Å². The van der Waals surface area contributed by atoms with Crippen molar-refractivity contribution >= 4 is 29.2 Å². The number of ether oxygens (including phenoxy) is 2. The highest BCUT2D eigenvalue weighted by atomic mass is 35.5. The number of benzene rings is 3. The number of carbonyl (C=O) groups is 1. The van der Waals surface area contributed by atoms with Crippen molar-refractivity contribution in [2.45, 2.75) is 0 Å². The highest BCUT2D eigenvalue weighted by molar-refractivity contribution is 6.35. The van der Waals surface area contributed by atoms with Gasteiger partial charge in [-0.05, 0) is 29.8 Å². The lowest BCUT2D eigenvalue weighted by Gasteiger charge is -2.12. The van der Waals surface area contributed by atoms with Gasteiger partial charge in [0, 0.05) is 10.6 Å². The zero-order valence-corrected chi connectivity index (χ0v) is 14.6. The lowest BCUT2D eigenvalue weighted by molar-refractivity contribution is -0.136. The van der Waals surface area contributed by atoms with Crippen LogP contribution in [0.1, 0.15) is 0 Å². The zero-order valence-electron chi connectivity index (χ0n) is 13.1. The van der Waals surface area contributed by atoms with Gasteiger partial charge in [0.15, 0.2) is 6.61 Å². The summed E-state index contributed by atoms with van der Waals surface area (Å²) >= 11 is 11.8. The number of halogens is 2. The number of hydrogen-bond donors (Lipinski definition) is 0. The molecule has 0 unspecified atom stereocenters. The summed E-state index contributed by atoms with van der Waals surface area (Å²) in [7, 11) is 0. The van der Waals surface area contributed by atoms with E-state index in [2.05, 4.69) is 0 Å². The first-order valence-electron chi connectivity index (χ1n) is 7.56. The van der Waals surface area contributed by atoms with Gasteiger partial charge in [0.2, 0.25) is 0 Å². The minimum Gasteiger partial charge on any atom is -0.481 e. The molecule has 0 amide bonds. The largest absolute Gasteiger partial charge is 0.481 e. The second-order valence-electron chi connectivity index (χ2n) is 5.20. The molecular formula is C20H14Cl2O3. The molecule has 0 heterocycles. The maximum absolute atomic E-state index is 12.0. The quantitative estimate of drug-likeness (QED) is 0.429. The Morgan fingerprint density at radius 2 is 1.56 bits per heavy atom. The van der Waals surface area contributed by atoms with Crippen molar-refractivity contribution in [3.05, 3.63) is 82.8 Å². The third kappa shape index (κ3) is 4.53. The van der Waals surface area contributed by atoms with Crippen LogP contribution in [-0.4, -0.2) is 12.6 Å². The van der Waals surface area contributed by atoms with Crippen LogP contribution in [0.2, 0.25) is 10.0 Å². The maximum Gasteiger partial charge on any atom is 0.349 e. The lowest BCUT2D eigenvalue weighted by Crippen LogP contribution is -2.18. The molecule has 0 saturated heterocycles. The number of hydrogen-bond acceptors (Lipinski definition) is 3. The lowest BCUT2D eigenvalue weighted by atomic mass is 10.1. The van der Waals surface area contributed by atoms with E-state index in [4.69, 9.17) is 32.7 Å². The Morgan fingerprint density at radius 3 is 2.32 bits per heavy atom. The highest BCUT2D eigenvalue weighted by Gasteiger charge is 2.12. The van der Waals surface area contributed by atoms with Gasteiger partial charge in [0.1, 0.15) is 11.5 Å². The van der Waals surface area contributed by atoms with Gasteiger partial charge in [0.05, 0.1) is 5.02 Å². The number of carbonyl (C=O) groups excluding carboxylic acids is 1. The molecule has 0 aliphatic heterocycles. The molecule has 3 nitrogen and oxygen atoms in total. The average molecular weight is 373 g/mol. The Bertz CT molecular complexity index is 879. The Hall–Kier alpha value is -2.49. The van der Waals surface area contributed by atoms with E-state index in [0.29, 0.717) is 10.8 Å². The second-order valence-corrected chi connectivity index (χ2v) is 6.04. The molecule has 5 heteroatoms. The topological polar surface area (TPSA) is 35.5 Å². The average Bonchev–Trinajstić information content (AvgIpc) is 2.63. The van der Waals surface area contributed by atoms with E-state index in [-0.39, 0.29) is 17.4 Å². The molecule has 0 radical (unpaired) electrons. The van der Waals surface area contributed by atoms with Gasteiger partial charge in [-0.3, -0.25) is 0 Å². The minimum absolute atomic E-state index is 0.233. The van der Waals surface area contributed by atoms with Gasteiger partial charge in [-0.25, -0.2) is 4.79 Å². The molecule has 126 valence electrons. The fourth-order valence-electron chi connectivity index (χ4n) is 2.30. The van der Waals surface area contributed by atoms with Crippen molar-refractivity contribution in [1.29, 1.82) is 0 Å². The summed E-state index contributed by atoms with van der Waals surface area (Å²) in [5.74, 6) is 0.302. The smallest absolute Gasteiger partial charge is 0.349 e. The summed E-state index contributed by atoms with van der Waals surface area (Å²) in [6, 6.07) is 22.0. The molecular weight excluding hydrogens is 359 g/mol. The first kappa shape index (κ1) is 17.3. The van der Waals surface area contributed by atoms with Gasteiger partial charge < -0.3 is 9.47 Å². The van der Waals surface area contributed by atoms with Crippen LogP contribution in [0.4, 0.5) is 0 Å². The van der Waals surface area contributed by atoms with Gasteiger partial charge >= 0.3 is 5.97 Å². The summed E-state index contributed by atoms with van der Waals surface area (Å²) in [5, 5.41) is 0.739. The van der Waals surface area contributed by atoms with Gasteiger partial charge in [-0.1, -0.05) is 71.7 Å². The van der Waals surface area contributed by atoms with Crippen LogP contribution in [-0.2, 0) is 4.79 Å². The Kier molecular flexibility index (Phi) is 5.59. The number of rotatable bonds is 5. The third-order valence-electron chi connectivity index (χ3n) is 3.44. The van der Waals surface area contributed by atoms with Crippen molar-refractivity contribution in [1.82, 2.24) is 0 Å². The normalized spacial score (nSPS) is 10.3. The van der Waals surface area contributed by atoms with Crippen LogP contribution in [0.3, 0.4) is 0 Å². The fourth-order valence-corrected chi connectivity index (χ4v) is 2.74. The van der Waals surface area contributed by atoms with Crippen LogP contribution < -0.4 is 9.47 Å². The number of esters is 1. The molecule has 3 aromatic carbocycles. The van der Waals surface area contributed by atoms with Crippen LogP contribution in [0.5, 0.6) is 11.5 Å². The van der Waals surface area contributed by atoms with Gasteiger partial charge in [0.25, 0.3) is 0 Å². The third-order valence-corrected chi connectivity index (χ3v) is 3.97. The monoisotopic (exact) mass is 372 g/mol. The summed E-state index contributed by atoms with van der Waals surface area (Å²) in [6.45, 7) is -0.233. The zero-order chi connectivity index (χ0) is 17.6. The summed E-state index contributed by atoms with van der Waals surface area (Å²) in [5.41, 5.74) is 1.91. The van der Waals surface area contributed by atoms with E-state index in [1.807, 2.05) is 54.6 Å². The van der Waals surface area contributed by atoms with E-state index in [9.17, 15) is 4.79 Å². The van der Waals surface area contributed by atoms with E-state index in [1.165, 1.54) is 6.07 Å². The van der Waals surface area contributed by atoms with Crippen LogP contribution >= 0.6 is 23.2 Å². The molecule has 0 atom stereocenters. The first-order chi connectivity index (χ1) is 12.1. The number of para-hydroxylation sites is 1. The van der Waals surface area contributed by atoms with Gasteiger partial charge in [-0.2, -0.15) is 0 Å². The van der Waals surface area contributed by atoms with Crippen molar-refractivity contribution in [3.63, 3.8) is 0 Å². The summed E-state index contributed by atoms with van der Waals surface area (Å²) < 4.78 is 10.9. The summed E-state index contributed by atoms with van der Waals surface area (Å²) in [6.07, 6.45) is 0. The minimum atomic E-state index is -0.549. The molecule has 0 aliphatic rings. The molecule has 0 N–H and O–H groups in total. The van der Waals surface area contributed by atoms with E-state index < -0.39 is 5.97 Å². The SMILES string of the molecule is O=C(COc1ccccc1-c1ccccc1)Oc1ccc(Cl)cc1Cl. The van der Waals surface area contributed by atoms with Crippen molar-refractivity contribution in [3.8, 4) is 22.6 Å². The molecule has 3 aromatic rings. The standard InChI is InChI=1S/C20H14Cl2O3/c21-15-10-11-19(17(22)12-15)25-20(23)13-24-18-9-5-4-8-16(18)14-6-2-1-3-7-14/h1-12H,13H2. The van der Waals surface area contributed by atoms with Crippen molar-refractivity contribution in [2.75, 3.05) is 6.61 Å². The molecule has 0 spiro atoms. The maximum atomic E-state index is 12.0. The Labute approximate surface area is 155 Å². The van der Waals surface area contributed by atoms with E-state index >= 15 is 0 Å². The summed E-state index contributed by atoms with van der Waals surface area (Å²) in [4.78, 5) is 12.0. The predicted octanol–water partition coefficient (Wildman–Crippen LogP) is 5.64. The van der Waals surface area contributed by atoms with Crippen molar-refractivity contribution in [2.24, 2.45) is 0 Å². The Balaban J connectivity index is 1.69. The molecule has 0 bridgehead atoms. The molecule has 0 aliphatic carbocycles. The van der Waals surface area contributed by atoms with E-state index in [1.54, 1.807) is 12.1 Å².